The highest BCUT2D eigenvalue weighted by molar-refractivity contribution is 6.04. The fraction of sp³-hybridized carbons (Fsp3) is 0.231. The highest BCUT2D eigenvalue weighted by atomic mass is 16.5. The molecule has 0 unspecified atom stereocenters. The SMILES string of the molecule is CCN(CC)C(=O)c1cc(OC)ccc1N=C(C)c1ccc(Oc2ccccc2)cc1. The van der Waals surface area contributed by atoms with Crippen LogP contribution in [0.15, 0.2) is 77.8 Å². The molecule has 0 aliphatic carbocycles. The maximum absolute atomic E-state index is 13.0. The van der Waals surface area contributed by atoms with E-state index in [4.69, 9.17) is 14.5 Å². The monoisotopic (exact) mass is 416 g/mol. The predicted molar refractivity (Wildman–Crippen MR) is 125 cm³/mol. The van der Waals surface area contributed by atoms with Gasteiger partial charge in [-0.15, -0.1) is 0 Å². The molecular weight excluding hydrogens is 388 g/mol. The van der Waals surface area contributed by atoms with Crippen LogP contribution in [0.2, 0.25) is 0 Å². The quantitative estimate of drug-likeness (QED) is 0.416. The Morgan fingerprint density at radius 1 is 0.871 bits per heavy atom. The van der Waals surface area contributed by atoms with Crippen molar-refractivity contribution in [2.45, 2.75) is 20.8 Å². The minimum absolute atomic E-state index is 0.0536. The molecule has 0 fully saturated rings. The Balaban J connectivity index is 1.87. The first-order valence-corrected chi connectivity index (χ1v) is 10.4. The number of hydrogen-bond acceptors (Lipinski definition) is 4. The number of carbonyl (C=O) groups is 1. The summed E-state index contributed by atoms with van der Waals surface area (Å²) < 4.78 is 11.2. The van der Waals surface area contributed by atoms with Crippen LogP contribution in [0, 0.1) is 0 Å². The molecule has 3 aromatic rings. The van der Waals surface area contributed by atoms with E-state index in [1.807, 2.05) is 87.5 Å². The fourth-order valence-corrected chi connectivity index (χ4v) is 3.23. The Kier molecular flexibility index (Phi) is 7.44. The zero-order chi connectivity index (χ0) is 22.2. The Morgan fingerprint density at radius 2 is 1.48 bits per heavy atom. The van der Waals surface area contributed by atoms with Crippen LogP contribution in [-0.2, 0) is 0 Å². The zero-order valence-electron chi connectivity index (χ0n) is 18.5. The molecule has 5 nitrogen and oxygen atoms in total. The molecule has 160 valence electrons. The molecule has 31 heavy (non-hydrogen) atoms. The van der Waals surface area contributed by atoms with Crippen LogP contribution in [0.25, 0.3) is 0 Å². The molecule has 3 aromatic carbocycles. The molecule has 0 saturated heterocycles. The molecule has 0 heterocycles. The summed E-state index contributed by atoms with van der Waals surface area (Å²) in [6.07, 6.45) is 0. The van der Waals surface area contributed by atoms with E-state index in [0.717, 1.165) is 22.8 Å². The van der Waals surface area contributed by atoms with Crippen LogP contribution in [0.4, 0.5) is 5.69 Å². The zero-order valence-corrected chi connectivity index (χ0v) is 18.5. The van der Waals surface area contributed by atoms with Crippen molar-refractivity contribution < 1.29 is 14.3 Å². The van der Waals surface area contributed by atoms with Crippen molar-refractivity contribution in [3.63, 3.8) is 0 Å². The maximum atomic E-state index is 13.0. The summed E-state index contributed by atoms with van der Waals surface area (Å²) >= 11 is 0. The first-order chi connectivity index (χ1) is 15.0. The summed E-state index contributed by atoms with van der Waals surface area (Å²) in [6.45, 7) is 7.14. The fourth-order valence-electron chi connectivity index (χ4n) is 3.23. The molecule has 3 rings (SSSR count). The van der Waals surface area contributed by atoms with E-state index in [2.05, 4.69) is 0 Å². The third-order valence-corrected chi connectivity index (χ3v) is 5.02. The number of rotatable bonds is 8. The van der Waals surface area contributed by atoms with E-state index in [0.29, 0.717) is 30.1 Å². The van der Waals surface area contributed by atoms with Crippen molar-refractivity contribution in [2.75, 3.05) is 20.2 Å². The minimum Gasteiger partial charge on any atom is -0.497 e. The van der Waals surface area contributed by atoms with Crippen molar-refractivity contribution in [3.8, 4) is 17.2 Å². The molecule has 0 bridgehead atoms. The number of benzene rings is 3. The lowest BCUT2D eigenvalue weighted by Gasteiger charge is -2.20. The lowest BCUT2D eigenvalue weighted by atomic mass is 10.1. The second-order valence-electron chi connectivity index (χ2n) is 7.00. The van der Waals surface area contributed by atoms with Crippen LogP contribution in [0.3, 0.4) is 0 Å². The minimum atomic E-state index is -0.0536. The Labute approximate surface area is 184 Å². The molecule has 0 aliphatic heterocycles. The van der Waals surface area contributed by atoms with Crippen LogP contribution in [0.1, 0.15) is 36.7 Å². The first kappa shape index (κ1) is 22.1. The van der Waals surface area contributed by atoms with Crippen LogP contribution < -0.4 is 9.47 Å². The number of amides is 1. The smallest absolute Gasteiger partial charge is 0.256 e. The van der Waals surface area contributed by atoms with Gasteiger partial charge in [0, 0.05) is 18.8 Å². The van der Waals surface area contributed by atoms with Gasteiger partial charge in [-0.25, -0.2) is 0 Å². The number of ether oxygens (including phenoxy) is 2. The van der Waals surface area contributed by atoms with Gasteiger partial charge in [0.1, 0.15) is 17.2 Å². The third kappa shape index (κ3) is 5.51. The largest absolute Gasteiger partial charge is 0.497 e. The van der Waals surface area contributed by atoms with Crippen molar-refractivity contribution in [3.05, 3.63) is 83.9 Å². The summed E-state index contributed by atoms with van der Waals surface area (Å²) in [4.78, 5) is 19.6. The van der Waals surface area contributed by atoms with E-state index in [9.17, 15) is 4.79 Å². The van der Waals surface area contributed by atoms with E-state index in [-0.39, 0.29) is 5.91 Å². The number of hydrogen-bond donors (Lipinski definition) is 0. The van der Waals surface area contributed by atoms with Crippen molar-refractivity contribution in [1.82, 2.24) is 4.90 Å². The number of carbonyl (C=O) groups excluding carboxylic acids is 1. The number of aliphatic imine (C=N–C) groups is 1. The normalized spacial score (nSPS) is 11.2. The van der Waals surface area contributed by atoms with Crippen molar-refractivity contribution >= 4 is 17.3 Å². The van der Waals surface area contributed by atoms with Crippen LogP contribution in [-0.4, -0.2) is 36.7 Å². The molecule has 0 saturated carbocycles. The molecule has 0 radical (unpaired) electrons. The standard InChI is InChI=1S/C26H28N2O3/c1-5-28(6-2)26(29)24-18-23(30-4)16-17-25(24)27-19(3)20-12-14-22(15-13-20)31-21-10-8-7-9-11-21/h7-18H,5-6H2,1-4H3. The summed E-state index contributed by atoms with van der Waals surface area (Å²) in [6, 6.07) is 22.8. The third-order valence-electron chi connectivity index (χ3n) is 5.02. The number of nitrogens with zero attached hydrogens (tertiary/aromatic N) is 2. The summed E-state index contributed by atoms with van der Waals surface area (Å²) in [5.74, 6) is 2.12. The molecule has 0 aromatic heterocycles. The van der Waals surface area contributed by atoms with Crippen LogP contribution in [0.5, 0.6) is 17.2 Å². The van der Waals surface area contributed by atoms with Crippen molar-refractivity contribution in [1.29, 1.82) is 0 Å². The topological polar surface area (TPSA) is 51.1 Å². The van der Waals surface area contributed by atoms with Gasteiger partial charge in [0.25, 0.3) is 5.91 Å². The Bertz CT molecular complexity index is 1040. The molecule has 1 amide bonds. The summed E-state index contributed by atoms with van der Waals surface area (Å²) in [7, 11) is 1.59. The van der Waals surface area contributed by atoms with Gasteiger partial charge in [-0.1, -0.05) is 18.2 Å². The Hall–Kier alpha value is -3.60. The highest BCUT2D eigenvalue weighted by Gasteiger charge is 2.18. The van der Waals surface area contributed by atoms with Gasteiger partial charge >= 0.3 is 0 Å². The van der Waals surface area contributed by atoms with E-state index in [1.165, 1.54) is 0 Å². The van der Waals surface area contributed by atoms with Crippen molar-refractivity contribution in [2.24, 2.45) is 4.99 Å². The van der Waals surface area contributed by atoms with Gasteiger partial charge in [0.2, 0.25) is 0 Å². The molecule has 0 aliphatic rings. The maximum Gasteiger partial charge on any atom is 0.256 e. The van der Waals surface area contributed by atoms with Gasteiger partial charge in [0.15, 0.2) is 0 Å². The second-order valence-corrected chi connectivity index (χ2v) is 7.00. The first-order valence-electron chi connectivity index (χ1n) is 10.4. The van der Waals surface area contributed by atoms with Gasteiger partial charge in [-0.05, 0) is 80.9 Å². The van der Waals surface area contributed by atoms with E-state index < -0.39 is 0 Å². The average molecular weight is 417 g/mol. The lowest BCUT2D eigenvalue weighted by molar-refractivity contribution is 0.0773. The van der Waals surface area contributed by atoms with E-state index >= 15 is 0 Å². The van der Waals surface area contributed by atoms with Gasteiger partial charge in [0.05, 0.1) is 18.4 Å². The van der Waals surface area contributed by atoms with Gasteiger partial charge < -0.3 is 14.4 Å². The van der Waals surface area contributed by atoms with Gasteiger partial charge in [-0.2, -0.15) is 0 Å². The summed E-state index contributed by atoms with van der Waals surface area (Å²) in [5, 5.41) is 0. The molecule has 5 heteroatoms. The highest BCUT2D eigenvalue weighted by Crippen LogP contribution is 2.27. The second kappa shape index (κ2) is 10.4. The molecule has 0 spiro atoms. The van der Waals surface area contributed by atoms with Gasteiger partial charge in [-0.3, -0.25) is 9.79 Å². The number of para-hydroxylation sites is 1. The molecule has 0 atom stereocenters. The van der Waals surface area contributed by atoms with Crippen LogP contribution >= 0.6 is 0 Å². The predicted octanol–water partition coefficient (Wildman–Crippen LogP) is 6.11. The van der Waals surface area contributed by atoms with E-state index in [1.54, 1.807) is 18.1 Å². The average Bonchev–Trinajstić information content (AvgIpc) is 2.81. The summed E-state index contributed by atoms with van der Waals surface area (Å²) in [5.41, 5.74) is 2.92. The lowest BCUT2D eigenvalue weighted by Crippen LogP contribution is -2.30. The molecule has 0 N–H and O–H groups in total. The Morgan fingerprint density at radius 3 is 2.10 bits per heavy atom. The number of methoxy groups -OCH3 is 1. The molecular formula is C26H28N2O3.